The largest absolute Gasteiger partial charge is 0.452 e. The molecule has 1 amide bonds. The maximum atomic E-state index is 15.0. The van der Waals surface area contributed by atoms with E-state index in [1.807, 2.05) is 6.07 Å². The van der Waals surface area contributed by atoms with Crippen molar-refractivity contribution < 1.29 is 27.1 Å². The van der Waals surface area contributed by atoms with Crippen LogP contribution < -0.4 is 11.1 Å². The molecule has 164 valence electrons. The van der Waals surface area contributed by atoms with Gasteiger partial charge < -0.3 is 15.8 Å². The zero-order chi connectivity index (χ0) is 23.0. The van der Waals surface area contributed by atoms with Gasteiger partial charge in [-0.3, -0.25) is 4.79 Å². The van der Waals surface area contributed by atoms with Crippen molar-refractivity contribution in [2.75, 3.05) is 0 Å². The van der Waals surface area contributed by atoms with Crippen LogP contribution >= 0.6 is 0 Å². The summed E-state index contributed by atoms with van der Waals surface area (Å²) in [5.41, 5.74) is 2.94. The van der Waals surface area contributed by atoms with Crippen LogP contribution in [0.25, 0.3) is 0 Å². The summed E-state index contributed by atoms with van der Waals surface area (Å²) in [5.74, 6) is -1.30. The molecule has 0 spiro atoms. The molecule has 2 heterocycles. The van der Waals surface area contributed by atoms with E-state index in [0.717, 1.165) is 6.08 Å². The first-order valence-corrected chi connectivity index (χ1v) is 9.21. The molecule has 3 N–H and O–H groups in total. The van der Waals surface area contributed by atoms with Crippen molar-refractivity contribution in [2.45, 2.75) is 44.5 Å². The second kappa shape index (κ2) is 7.68. The third-order valence-electron chi connectivity index (χ3n) is 5.66. The molecule has 3 rings (SSSR count). The van der Waals surface area contributed by atoms with Crippen molar-refractivity contribution in [1.82, 2.24) is 10.3 Å². The van der Waals surface area contributed by atoms with Crippen LogP contribution in [0.15, 0.2) is 47.0 Å². The van der Waals surface area contributed by atoms with Gasteiger partial charge in [0, 0.05) is 30.2 Å². The van der Waals surface area contributed by atoms with E-state index < -0.39 is 47.4 Å². The van der Waals surface area contributed by atoms with Gasteiger partial charge in [-0.15, -0.1) is 0 Å². The summed E-state index contributed by atoms with van der Waals surface area (Å²) in [5, 5.41) is 11.4. The highest BCUT2D eigenvalue weighted by molar-refractivity contribution is 5.93. The standard InChI is InChI=1S/C20H19F4N5O2/c1-18(19(2)8-15(20(22,23)24)31-17(26)29-19)7-12(4-6-14(18)21)28-16(30)13-5-3-11(9-25)10-27-13/h3-6,10,15H,7-8H2,1-2H3,(H2,26,29)(H,28,30)/t15-,18-,19-/m0/s1. The number of allylic oxidation sites excluding steroid dienone is 3. The molecule has 0 fully saturated rings. The summed E-state index contributed by atoms with van der Waals surface area (Å²) in [6, 6.07) is 3.97. The van der Waals surface area contributed by atoms with Crippen LogP contribution in [0.3, 0.4) is 0 Å². The Morgan fingerprint density at radius 2 is 2.06 bits per heavy atom. The fourth-order valence-corrected chi connectivity index (χ4v) is 3.61. The van der Waals surface area contributed by atoms with Gasteiger partial charge in [0.15, 0.2) is 6.10 Å². The van der Waals surface area contributed by atoms with Crippen LogP contribution in [0.5, 0.6) is 0 Å². The van der Waals surface area contributed by atoms with Gasteiger partial charge in [0.25, 0.3) is 11.9 Å². The number of hydrogen-bond donors (Lipinski definition) is 2. The van der Waals surface area contributed by atoms with E-state index in [0.29, 0.717) is 0 Å². The molecule has 1 aliphatic carbocycles. The summed E-state index contributed by atoms with van der Waals surface area (Å²) in [4.78, 5) is 20.4. The molecular weight excluding hydrogens is 418 g/mol. The number of amides is 1. The first kappa shape index (κ1) is 22.3. The van der Waals surface area contributed by atoms with Gasteiger partial charge in [0.05, 0.1) is 11.1 Å². The summed E-state index contributed by atoms with van der Waals surface area (Å²) in [6.45, 7) is 2.80. The number of nitrogens with two attached hydrogens (primary N) is 1. The maximum Gasteiger partial charge on any atom is 0.425 e. The van der Waals surface area contributed by atoms with Gasteiger partial charge in [-0.2, -0.15) is 18.4 Å². The highest BCUT2D eigenvalue weighted by Crippen LogP contribution is 2.52. The van der Waals surface area contributed by atoms with Crippen LogP contribution in [-0.4, -0.2) is 34.7 Å². The molecule has 7 nitrogen and oxygen atoms in total. The van der Waals surface area contributed by atoms with E-state index >= 15 is 0 Å². The Kier molecular flexibility index (Phi) is 5.52. The average molecular weight is 437 g/mol. The molecule has 2 aliphatic rings. The van der Waals surface area contributed by atoms with Crippen LogP contribution in [-0.2, 0) is 4.74 Å². The topological polar surface area (TPSA) is 113 Å². The van der Waals surface area contributed by atoms with Crippen molar-refractivity contribution in [3.05, 3.63) is 53.3 Å². The summed E-state index contributed by atoms with van der Waals surface area (Å²) < 4.78 is 59.5. The molecule has 0 radical (unpaired) electrons. The molecule has 1 aliphatic heterocycles. The van der Waals surface area contributed by atoms with Crippen molar-refractivity contribution in [1.29, 1.82) is 5.26 Å². The third kappa shape index (κ3) is 4.23. The van der Waals surface area contributed by atoms with Crippen LogP contribution in [0, 0.1) is 16.7 Å². The van der Waals surface area contributed by atoms with Crippen LogP contribution in [0.2, 0.25) is 0 Å². The fourth-order valence-electron chi connectivity index (χ4n) is 3.61. The number of rotatable bonds is 3. The summed E-state index contributed by atoms with van der Waals surface area (Å²) >= 11 is 0. The van der Waals surface area contributed by atoms with Crippen molar-refractivity contribution in [3.63, 3.8) is 0 Å². The van der Waals surface area contributed by atoms with Crippen molar-refractivity contribution in [2.24, 2.45) is 16.1 Å². The molecule has 0 saturated carbocycles. The number of ether oxygens (including phenoxy) is 1. The minimum absolute atomic E-state index is 0.0216. The highest BCUT2D eigenvalue weighted by atomic mass is 19.4. The summed E-state index contributed by atoms with van der Waals surface area (Å²) in [7, 11) is 0. The maximum absolute atomic E-state index is 15.0. The SMILES string of the molecule is C[C@]1([C@]2(C)C[C@@H](C(F)(F)F)OC(N)=N2)CC(NC(=O)c2ccc(C#N)cn2)=CC=C1F. The number of nitriles is 1. The van der Waals surface area contributed by atoms with Gasteiger partial charge in [0.2, 0.25) is 0 Å². The van der Waals surface area contributed by atoms with Crippen molar-refractivity contribution >= 4 is 11.9 Å². The Labute approximate surface area is 175 Å². The van der Waals surface area contributed by atoms with Gasteiger partial charge in [-0.1, -0.05) is 6.92 Å². The zero-order valence-corrected chi connectivity index (χ0v) is 16.6. The lowest BCUT2D eigenvalue weighted by atomic mass is 9.64. The Hall–Kier alpha value is -3.42. The molecule has 0 aromatic carbocycles. The van der Waals surface area contributed by atoms with E-state index in [1.54, 1.807) is 0 Å². The number of pyridine rings is 1. The first-order chi connectivity index (χ1) is 14.4. The normalized spacial score (nSPS) is 28.4. The number of amidine groups is 1. The second-order valence-electron chi connectivity index (χ2n) is 7.79. The number of aromatic nitrogens is 1. The second-order valence-corrected chi connectivity index (χ2v) is 7.79. The first-order valence-electron chi connectivity index (χ1n) is 9.21. The molecule has 1 aromatic heterocycles. The van der Waals surface area contributed by atoms with Gasteiger partial charge in [0.1, 0.15) is 17.6 Å². The van der Waals surface area contributed by atoms with Gasteiger partial charge in [-0.05, 0) is 31.2 Å². The van der Waals surface area contributed by atoms with Crippen LogP contribution in [0.4, 0.5) is 17.6 Å². The lowest BCUT2D eigenvalue weighted by molar-refractivity contribution is -0.210. The lowest BCUT2D eigenvalue weighted by Crippen LogP contribution is -2.55. The zero-order valence-electron chi connectivity index (χ0n) is 16.6. The number of nitrogens with zero attached hydrogens (tertiary/aromatic N) is 3. The Morgan fingerprint density at radius 3 is 2.65 bits per heavy atom. The van der Waals surface area contributed by atoms with E-state index in [2.05, 4.69) is 20.0 Å². The molecule has 0 bridgehead atoms. The van der Waals surface area contributed by atoms with E-state index in [9.17, 15) is 22.4 Å². The van der Waals surface area contributed by atoms with E-state index in [-0.39, 0.29) is 23.4 Å². The number of halogens is 4. The highest BCUT2D eigenvalue weighted by Gasteiger charge is 2.57. The predicted octanol–water partition coefficient (Wildman–Crippen LogP) is 3.25. The molecule has 11 heteroatoms. The van der Waals surface area contributed by atoms with Crippen molar-refractivity contribution in [3.8, 4) is 6.07 Å². The third-order valence-corrected chi connectivity index (χ3v) is 5.66. The van der Waals surface area contributed by atoms with E-state index in [1.165, 1.54) is 38.3 Å². The number of alkyl halides is 3. The Bertz CT molecular complexity index is 1030. The Morgan fingerprint density at radius 1 is 1.35 bits per heavy atom. The lowest BCUT2D eigenvalue weighted by Gasteiger charge is -2.47. The van der Waals surface area contributed by atoms with E-state index in [4.69, 9.17) is 11.0 Å². The molecule has 1 aromatic rings. The summed E-state index contributed by atoms with van der Waals surface area (Å²) in [6.07, 6.45) is -4.09. The molecule has 0 unspecified atom stereocenters. The number of carbonyl (C=O) groups excluding carboxylic acids is 1. The molecule has 31 heavy (non-hydrogen) atoms. The minimum Gasteiger partial charge on any atom is -0.452 e. The smallest absolute Gasteiger partial charge is 0.425 e. The molecule has 0 saturated heterocycles. The monoisotopic (exact) mass is 437 g/mol. The minimum atomic E-state index is -4.71. The molecular formula is C20H19F4N5O2. The van der Waals surface area contributed by atoms with Crippen LogP contribution in [0.1, 0.15) is 42.7 Å². The average Bonchev–Trinajstić information content (AvgIpc) is 2.69. The predicted molar refractivity (Wildman–Crippen MR) is 102 cm³/mol. The molecule has 3 atom stereocenters. The van der Waals surface area contributed by atoms with Gasteiger partial charge in [-0.25, -0.2) is 14.4 Å². The number of carbonyl (C=O) groups is 1. The quantitative estimate of drug-likeness (QED) is 0.705. The number of hydrogen-bond acceptors (Lipinski definition) is 6. The Balaban J connectivity index is 1.85. The fraction of sp³-hybridized carbons (Fsp3) is 0.400. The number of nitrogens with one attached hydrogen (secondary N) is 1. The van der Waals surface area contributed by atoms with Gasteiger partial charge >= 0.3 is 6.18 Å². The number of aliphatic imine (C=N–C) groups is 1.